The summed E-state index contributed by atoms with van der Waals surface area (Å²) in [7, 11) is 0. The topological polar surface area (TPSA) is 125 Å². The van der Waals surface area contributed by atoms with Gasteiger partial charge in [0.25, 0.3) is 0 Å². The summed E-state index contributed by atoms with van der Waals surface area (Å²) in [5, 5.41) is 11.0. The monoisotopic (exact) mass is 494 g/mol. The van der Waals surface area contributed by atoms with Crippen LogP contribution in [-0.2, 0) is 16.0 Å². The molecule has 1 amide bonds. The van der Waals surface area contributed by atoms with Crippen molar-refractivity contribution in [1.29, 1.82) is 0 Å². The molecule has 0 aliphatic carbocycles. The predicted octanol–water partition coefficient (Wildman–Crippen LogP) is 3.74. The lowest BCUT2D eigenvalue weighted by Gasteiger charge is -2.27. The number of carbonyl (C=O) groups excluding carboxylic acids is 1. The fourth-order valence-electron chi connectivity index (χ4n) is 4.53. The van der Waals surface area contributed by atoms with Gasteiger partial charge in [0, 0.05) is 42.3 Å². The first-order valence-electron chi connectivity index (χ1n) is 12.2. The molecule has 1 aromatic carbocycles. The molecule has 6 rings (SSSR count). The Kier molecular flexibility index (Phi) is 6.07. The zero-order valence-electron chi connectivity index (χ0n) is 20.4. The van der Waals surface area contributed by atoms with Gasteiger partial charge in [-0.2, -0.15) is 5.10 Å². The van der Waals surface area contributed by atoms with E-state index in [1.165, 1.54) is 0 Å². The van der Waals surface area contributed by atoms with Crippen molar-refractivity contribution in [3.8, 4) is 22.5 Å². The number of nitrogens with zero attached hydrogens (tertiary/aromatic N) is 5. The lowest BCUT2D eigenvalue weighted by Crippen LogP contribution is -2.36. The number of ether oxygens (including phenoxy) is 1. The van der Waals surface area contributed by atoms with Crippen LogP contribution in [0.5, 0.6) is 0 Å². The number of anilines is 2. The molecule has 0 radical (unpaired) electrons. The summed E-state index contributed by atoms with van der Waals surface area (Å²) < 4.78 is 5.47. The van der Waals surface area contributed by atoms with Crippen molar-refractivity contribution in [2.75, 3.05) is 36.5 Å². The maximum atomic E-state index is 12.6. The van der Waals surface area contributed by atoms with E-state index < -0.39 is 0 Å². The summed E-state index contributed by atoms with van der Waals surface area (Å²) >= 11 is 0. The molecular weight excluding hydrogens is 468 g/mol. The SMILES string of the molecule is Cc1cc(-c2cc(NC(=O)Cc3ccc(-c4cc5c(N6CCOCC6)ncnc5[nH]4)cc3)n[nH]2)ccn1. The molecule has 5 aromatic rings. The molecule has 10 heteroatoms. The number of amides is 1. The molecule has 5 heterocycles. The van der Waals surface area contributed by atoms with E-state index in [1.54, 1.807) is 12.5 Å². The van der Waals surface area contributed by atoms with Gasteiger partial charge in [-0.15, -0.1) is 0 Å². The third-order valence-electron chi connectivity index (χ3n) is 6.40. The smallest absolute Gasteiger partial charge is 0.229 e. The minimum absolute atomic E-state index is 0.132. The molecule has 37 heavy (non-hydrogen) atoms. The lowest BCUT2D eigenvalue weighted by molar-refractivity contribution is -0.115. The maximum absolute atomic E-state index is 12.6. The van der Waals surface area contributed by atoms with E-state index in [1.807, 2.05) is 49.4 Å². The number of aryl methyl sites for hydroxylation is 1. The van der Waals surface area contributed by atoms with Gasteiger partial charge in [-0.05, 0) is 36.2 Å². The average molecular weight is 495 g/mol. The van der Waals surface area contributed by atoms with Crippen LogP contribution in [-0.4, -0.2) is 62.3 Å². The van der Waals surface area contributed by atoms with Crippen LogP contribution in [0.25, 0.3) is 33.5 Å². The summed E-state index contributed by atoms with van der Waals surface area (Å²) in [6.07, 6.45) is 3.59. The van der Waals surface area contributed by atoms with Crippen LogP contribution in [0.2, 0.25) is 0 Å². The van der Waals surface area contributed by atoms with Crippen LogP contribution in [0, 0.1) is 6.92 Å². The molecule has 10 nitrogen and oxygen atoms in total. The number of benzene rings is 1. The molecule has 0 bridgehead atoms. The second kappa shape index (κ2) is 9.82. The Hall–Kier alpha value is -4.57. The van der Waals surface area contributed by atoms with E-state index in [2.05, 4.69) is 46.4 Å². The molecule has 0 unspecified atom stereocenters. The van der Waals surface area contributed by atoms with Crippen LogP contribution in [0.4, 0.5) is 11.6 Å². The number of hydrogen-bond donors (Lipinski definition) is 3. The van der Waals surface area contributed by atoms with Crippen LogP contribution in [0.1, 0.15) is 11.3 Å². The Bertz CT molecular complexity index is 1550. The van der Waals surface area contributed by atoms with E-state index >= 15 is 0 Å². The molecule has 0 saturated carbocycles. The van der Waals surface area contributed by atoms with Gasteiger partial charge in [0.2, 0.25) is 5.91 Å². The first-order chi connectivity index (χ1) is 18.1. The van der Waals surface area contributed by atoms with Crippen molar-refractivity contribution in [2.24, 2.45) is 0 Å². The zero-order valence-corrected chi connectivity index (χ0v) is 20.4. The minimum atomic E-state index is -0.132. The summed E-state index contributed by atoms with van der Waals surface area (Å²) in [5.41, 5.74) is 6.39. The van der Waals surface area contributed by atoms with Crippen LogP contribution in [0.3, 0.4) is 0 Å². The van der Waals surface area contributed by atoms with Crippen LogP contribution in [0.15, 0.2) is 61.1 Å². The lowest BCUT2D eigenvalue weighted by atomic mass is 10.1. The fraction of sp³-hybridized carbons (Fsp3) is 0.222. The Morgan fingerprint density at radius 2 is 1.84 bits per heavy atom. The Labute approximate surface area is 213 Å². The number of nitrogens with one attached hydrogen (secondary N) is 3. The number of carbonyl (C=O) groups is 1. The minimum Gasteiger partial charge on any atom is -0.378 e. The highest BCUT2D eigenvalue weighted by molar-refractivity contribution is 5.93. The van der Waals surface area contributed by atoms with Gasteiger partial charge in [-0.3, -0.25) is 14.9 Å². The summed E-state index contributed by atoms with van der Waals surface area (Å²) in [6, 6.07) is 15.7. The van der Waals surface area contributed by atoms with Crippen molar-refractivity contribution in [2.45, 2.75) is 13.3 Å². The van der Waals surface area contributed by atoms with Crippen LogP contribution >= 0.6 is 0 Å². The standard InChI is InChI=1S/C27H26N8O2/c1-17-12-20(6-7-28-17)23-15-24(34-33-23)32-25(36)13-18-2-4-19(5-3-18)22-14-21-26(31-22)29-16-30-27(21)35-8-10-37-11-9-35/h2-7,12,14-16H,8-11,13H2,1H3,(H,29,30,31)(H2,32,33,34,36). The van der Waals surface area contributed by atoms with E-state index in [4.69, 9.17) is 4.74 Å². The molecule has 1 aliphatic heterocycles. The Morgan fingerprint density at radius 3 is 2.65 bits per heavy atom. The molecule has 3 N–H and O–H groups in total. The number of fused-ring (bicyclic) bond motifs is 1. The van der Waals surface area contributed by atoms with Crippen molar-refractivity contribution in [3.05, 3.63) is 72.3 Å². The largest absolute Gasteiger partial charge is 0.378 e. The number of hydrogen-bond acceptors (Lipinski definition) is 7. The maximum Gasteiger partial charge on any atom is 0.229 e. The van der Waals surface area contributed by atoms with E-state index in [0.717, 1.165) is 63.7 Å². The normalized spacial score (nSPS) is 13.7. The number of pyridine rings is 1. The van der Waals surface area contributed by atoms with Crippen LogP contribution < -0.4 is 10.2 Å². The van der Waals surface area contributed by atoms with Gasteiger partial charge in [0.15, 0.2) is 5.82 Å². The molecule has 0 spiro atoms. The number of aromatic nitrogens is 6. The van der Waals surface area contributed by atoms with E-state index in [9.17, 15) is 4.79 Å². The number of rotatable bonds is 6. The molecule has 1 aliphatic rings. The van der Waals surface area contributed by atoms with Gasteiger partial charge in [-0.1, -0.05) is 24.3 Å². The van der Waals surface area contributed by atoms with Crippen molar-refractivity contribution in [1.82, 2.24) is 30.1 Å². The first kappa shape index (κ1) is 22.9. The number of H-pyrrole nitrogens is 2. The molecule has 4 aromatic heterocycles. The Balaban J connectivity index is 1.13. The highest BCUT2D eigenvalue weighted by Crippen LogP contribution is 2.29. The molecule has 1 fully saturated rings. The van der Waals surface area contributed by atoms with Gasteiger partial charge < -0.3 is 19.9 Å². The first-order valence-corrected chi connectivity index (χ1v) is 12.2. The second-order valence-electron chi connectivity index (χ2n) is 9.02. The highest BCUT2D eigenvalue weighted by Gasteiger charge is 2.17. The van der Waals surface area contributed by atoms with Gasteiger partial charge in [0.1, 0.15) is 17.8 Å². The van der Waals surface area contributed by atoms with Gasteiger partial charge in [0.05, 0.1) is 30.7 Å². The summed E-state index contributed by atoms with van der Waals surface area (Å²) in [5.74, 6) is 1.28. The van der Waals surface area contributed by atoms with E-state index in [0.29, 0.717) is 19.0 Å². The fourth-order valence-corrected chi connectivity index (χ4v) is 4.53. The van der Waals surface area contributed by atoms with Gasteiger partial charge in [-0.25, -0.2) is 9.97 Å². The number of aromatic amines is 2. The molecule has 1 saturated heterocycles. The van der Waals surface area contributed by atoms with Gasteiger partial charge >= 0.3 is 0 Å². The third-order valence-corrected chi connectivity index (χ3v) is 6.40. The average Bonchev–Trinajstić information content (AvgIpc) is 3.57. The zero-order chi connectivity index (χ0) is 25.2. The van der Waals surface area contributed by atoms with Crippen molar-refractivity contribution in [3.63, 3.8) is 0 Å². The Morgan fingerprint density at radius 1 is 1.00 bits per heavy atom. The molecule has 186 valence electrons. The highest BCUT2D eigenvalue weighted by atomic mass is 16.5. The summed E-state index contributed by atoms with van der Waals surface area (Å²) in [6.45, 7) is 4.95. The summed E-state index contributed by atoms with van der Waals surface area (Å²) in [4.78, 5) is 31.4. The molecule has 0 atom stereocenters. The quantitative estimate of drug-likeness (QED) is 0.328. The third kappa shape index (κ3) is 4.91. The molecular formula is C27H26N8O2. The van der Waals surface area contributed by atoms with Crippen molar-refractivity contribution < 1.29 is 9.53 Å². The number of morpholine rings is 1. The van der Waals surface area contributed by atoms with Crippen molar-refractivity contribution >= 4 is 28.6 Å². The predicted molar refractivity (Wildman–Crippen MR) is 141 cm³/mol. The second-order valence-corrected chi connectivity index (χ2v) is 9.02. The van der Waals surface area contributed by atoms with E-state index in [-0.39, 0.29) is 12.3 Å².